The monoisotopic (exact) mass is 220 g/mol. The van der Waals surface area contributed by atoms with E-state index in [4.69, 9.17) is 0 Å². The summed E-state index contributed by atoms with van der Waals surface area (Å²) < 4.78 is 0. The summed E-state index contributed by atoms with van der Waals surface area (Å²) in [5, 5.41) is 10.4. The van der Waals surface area contributed by atoms with Crippen LogP contribution in [0.15, 0.2) is 24.3 Å². The zero-order valence-corrected chi connectivity index (χ0v) is 11.3. The van der Waals surface area contributed by atoms with Crippen LogP contribution >= 0.6 is 0 Å². The molecule has 1 heteroatoms. The van der Waals surface area contributed by atoms with Crippen molar-refractivity contribution >= 4 is 0 Å². The lowest BCUT2D eigenvalue weighted by molar-refractivity contribution is 0.00902. The standard InChI is InChI=1S/C15H24O/c1-11(2)15(6,16)13-9-7-12(8-10-13)14(3,4)5/h7-11,16H,1-6H3. The molecular formula is C15H24O. The van der Waals surface area contributed by atoms with Gasteiger partial charge < -0.3 is 5.11 Å². The summed E-state index contributed by atoms with van der Waals surface area (Å²) in [6.45, 7) is 12.5. The minimum atomic E-state index is -0.740. The van der Waals surface area contributed by atoms with Crippen molar-refractivity contribution in [1.29, 1.82) is 0 Å². The van der Waals surface area contributed by atoms with E-state index in [2.05, 4.69) is 32.9 Å². The summed E-state index contributed by atoms with van der Waals surface area (Å²) in [5.74, 6) is 0.216. The van der Waals surface area contributed by atoms with Crippen LogP contribution in [-0.2, 0) is 11.0 Å². The molecule has 90 valence electrons. The zero-order valence-electron chi connectivity index (χ0n) is 11.3. The Morgan fingerprint density at radius 1 is 0.875 bits per heavy atom. The topological polar surface area (TPSA) is 20.2 Å². The largest absolute Gasteiger partial charge is 0.385 e. The number of hydrogen-bond acceptors (Lipinski definition) is 1. The van der Waals surface area contributed by atoms with E-state index in [1.807, 2.05) is 32.9 Å². The molecule has 1 unspecified atom stereocenters. The van der Waals surface area contributed by atoms with E-state index >= 15 is 0 Å². The van der Waals surface area contributed by atoms with Gasteiger partial charge in [-0.05, 0) is 29.4 Å². The summed E-state index contributed by atoms with van der Waals surface area (Å²) in [4.78, 5) is 0. The van der Waals surface area contributed by atoms with Gasteiger partial charge in [0.15, 0.2) is 0 Å². The molecule has 0 radical (unpaired) electrons. The smallest absolute Gasteiger partial charge is 0.0891 e. The summed E-state index contributed by atoms with van der Waals surface area (Å²) in [6.07, 6.45) is 0. The second-order valence-electron chi connectivity index (χ2n) is 6.13. The molecule has 1 nitrogen and oxygen atoms in total. The summed E-state index contributed by atoms with van der Waals surface area (Å²) in [6, 6.07) is 8.32. The van der Waals surface area contributed by atoms with Gasteiger partial charge in [0, 0.05) is 0 Å². The van der Waals surface area contributed by atoms with Gasteiger partial charge in [0.1, 0.15) is 0 Å². The minimum Gasteiger partial charge on any atom is -0.385 e. The molecule has 1 rings (SSSR count). The maximum absolute atomic E-state index is 10.4. The van der Waals surface area contributed by atoms with E-state index in [-0.39, 0.29) is 11.3 Å². The van der Waals surface area contributed by atoms with Crippen LogP contribution in [0.2, 0.25) is 0 Å². The van der Waals surface area contributed by atoms with E-state index in [1.54, 1.807) is 0 Å². The Hall–Kier alpha value is -0.820. The Labute approximate surface area is 99.5 Å². The molecule has 1 atom stereocenters. The molecule has 0 saturated heterocycles. The molecule has 0 amide bonds. The molecule has 1 N–H and O–H groups in total. The third-order valence-corrected chi connectivity index (χ3v) is 3.46. The van der Waals surface area contributed by atoms with E-state index in [1.165, 1.54) is 5.56 Å². The number of aliphatic hydroxyl groups is 1. The van der Waals surface area contributed by atoms with Gasteiger partial charge in [-0.25, -0.2) is 0 Å². The van der Waals surface area contributed by atoms with Crippen LogP contribution in [-0.4, -0.2) is 5.11 Å². The average molecular weight is 220 g/mol. The summed E-state index contributed by atoms with van der Waals surface area (Å²) in [5.41, 5.74) is 1.73. The fourth-order valence-electron chi connectivity index (χ4n) is 1.64. The lowest BCUT2D eigenvalue weighted by Crippen LogP contribution is -2.28. The number of benzene rings is 1. The van der Waals surface area contributed by atoms with Crippen molar-refractivity contribution in [1.82, 2.24) is 0 Å². The molecule has 0 saturated carbocycles. The second kappa shape index (κ2) is 4.21. The van der Waals surface area contributed by atoms with Gasteiger partial charge >= 0.3 is 0 Å². The van der Waals surface area contributed by atoms with Crippen molar-refractivity contribution in [2.45, 2.75) is 52.6 Å². The number of hydrogen-bond donors (Lipinski definition) is 1. The van der Waals surface area contributed by atoms with Gasteiger partial charge in [-0.15, -0.1) is 0 Å². The highest BCUT2D eigenvalue weighted by Gasteiger charge is 2.27. The predicted octanol–water partition coefficient (Wildman–Crippen LogP) is 3.85. The van der Waals surface area contributed by atoms with Crippen molar-refractivity contribution < 1.29 is 5.11 Å². The van der Waals surface area contributed by atoms with Crippen LogP contribution in [0.25, 0.3) is 0 Å². The fraction of sp³-hybridized carbons (Fsp3) is 0.600. The quantitative estimate of drug-likeness (QED) is 0.802. The van der Waals surface area contributed by atoms with E-state index in [0.717, 1.165) is 5.56 Å². The average Bonchev–Trinajstić information content (AvgIpc) is 2.16. The van der Waals surface area contributed by atoms with Gasteiger partial charge in [0.25, 0.3) is 0 Å². The van der Waals surface area contributed by atoms with Crippen LogP contribution in [0, 0.1) is 5.92 Å². The summed E-state index contributed by atoms with van der Waals surface area (Å²) >= 11 is 0. The van der Waals surface area contributed by atoms with Crippen LogP contribution in [0.5, 0.6) is 0 Å². The molecule has 0 fully saturated rings. The third-order valence-electron chi connectivity index (χ3n) is 3.46. The lowest BCUT2D eigenvalue weighted by Gasteiger charge is -2.29. The van der Waals surface area contributed by atoms with Gasteiger partial charge in [0.2, 0.25) is 0 Å². The molecule has 1 aromatic carbocycles. The molecule has 0 aliphatic heterocycles. The highest BCUT2D eigenvalue weighted by molar-refractivity contribution is 5.30. The molecule has 0 spiro atoms. The maximum atomic E-state index is 10.4. The molecule has 1 aromatic rings. The van der Waals surface area contributed by atoms with Crippen molar-refractivity contribution in [3.8, 4) is 0 Å². The fourth-order valence-corrected chi connectivity index (χ4v) is 1.64. The molecule has 0 heterocycles. The van der Waals surface area contributed by atoms with Crippen LogP contribution < -0.4 is 0 Å². The maximum Gasteiger partial charge on any atom is 0.0891 e. The van der Waals surface area contributed by atoms with Gasteiger partial charge in [-0.1, -0.05) is 58.9 Å². The van der Waals surface area contributed by atoms with Crippen molar-refractivity contribution in [2.75, 3.05) is 0 Å². The molecule has 16 heavy (non-hydrogen) atoms. The first-order valence-corrected chi connectivity index (χ1v) is 5.99. The normalized spacial score (nSPS) is 16.2. The Balaban J connectivity index is 3.05. The lowest BCUT2D eigenvalue weighted by atomic mass is 9.82. The first-order valence-electron chi connectivity index (χ1n) is 5.99. The molecule has 0 aliphatic carbocycles. The Bertz CT molecular complexity index is 339. The Morgan fingerprint density at radius 2 is 1.25 bits per heavy atom. The van der Waals surface area contributed by atoms with Crippen molar-refractivity contribution in [3.05, 3.63) is 35.4 Å². The SMILES string of the molecule is CC(C)C(C)(O)c1ccc(C(C)(C)C)cc1. The number of rotatable bonds is 2. The summed E-state index contributed by atoms with van der Waals surface area (Å²) in [7, 11) is 0. The predicted molar refractivity (Wildman–Crippen MR) is 69.6 cm³/mol. The third kappa shape index (κ3) is 2.65. The zero-order chi connectivity index (χ0) is 12.6. The van der Waals surface area contributed by atoms with Crippen LogP contribution in [0.3, 0.4) is 0 Å². The van der Waals surface area contributed by atoms with E-state index < -0.39 is 5.60 Å². The van der Waals surface area contributed by atoms with Crippen molar-refractivity contribution in [3.63, 3.8) is 0 Å². The highest BCUT2D eigenvalue weighted by Crippen LogP contribution is 2.30. The van der Waals surface area contributed by atoms with Crippen LogP contribution in [0.4, 0.5) is 0 Å². The van der Waals surface area contributed by atoms with Crippen LogP contribution in [0.1, 0.15) is 52.7 Å². The first kappa shape index (κ1) is 13.2. The Morgan fingerprint density at radius 3 is 1.56 bits per heavy atom. The molecular weight excluding hydrogens is 196 g/mol. The van der Waals surface area contributed by atoms with Crippen molar-refractivity contribution in [2.24, 2.45) is 5.92 Å². The Kier molecular flexibility index (Phi) is 3.49. The van der Waals surface area contributed by atoms with Gasteiger partial charge in [0.05, 0.1) is 5.60 Å². The van der Waals surface area contributed by atoms with E-state index in [9.17, 15) is 5.11 Å². The first-order chi connectivity index (χ1) is 7.15. The molecule has 0 bridgehead atoms. The van der Waals surface area contributed by atoms with E-state index in [0.29, 0.717) is 0 Å². The molecule has 0 aromatic heterocycles. The van der Waals surface area contributed by atoms with Gasteiger partial charge in [-0.2, -0.15) is 0 Å². The van der Waals surface area contributed by atoms with Gasteiger partial charge in [-0.3, -0.25) is 0 Å². The second-order valence-corrected chi connectivity index (χ2v) is 6.13. The minimum absolute atomic E-state index is 0.169. The molecule has 0 aliphatic rings. The highest BCUT2D eigenvalue weighted by atomic mass is 16.3.